The second-order valence-corrected chi connectivity index (χ2v) is 3.60. The Hall–Kier alpha value is -2.36. The molecule has 2 N–H and O–H groups in total. The Kier molecular flexibility index (Phi) is 1.71. The highest BCUT2D eigenvalue weighted by Crippen LogP contribution is 2.23. The van der Waals surface area contributed by atoms with Crippen molar-refractivity contribution in [3.63, 3.8) is 0 Å². The Bertz CT molecular complexity index is 700. The van der Waals surface area contributed by atoms with Gasteiger partial charge in [-0.1, -0.05) is 18.2 Å². The molecule has 0 aliphatic rings. The number of aromatic amines is 1. The highest BCUT2D eigenvalue weighted by atomic mass is 16.4. The molecule has 0 radical (unpaired) electrons. The Balaban J connectivity index is 2.41. The number of hydrogen-bond donors (Lipinski definition) is 2. The fourth-order valence-corrected chi connectivity index (χ4v) is 1.84. The van der Waals surface area contributed by atoms with E-state index in [0.717, 1.165) is 21.9 Å². The van der Waals surface area contributed by atoms with Crippen molar-refractivity contribution in [2.45, 2.75) is 0 Å². The van der Waals surface area contributed by atoms with Crippen LogP contribution in [0.2, 0.25) is 0 Å². The lowest BCUT2D eigenvalue weighted by Crippen LogP contribution is -1.96. The number of hydrogen-bond acceptors (Lipinski definition) is 2. The Morgan fingerprint density at radius 3 is 2.88 bits per heavy atom. The molecule has 0 saturated carbocycles. The fraction of sp³-hybridized carbons (Fsp3) is 0. The zero-order chi connectivity index (χ0) is 11.1. The van der Waals surface area contributed by atoms with E-state index in [9.17, 15) is 4.79 Å². The van der Waals surface area contributed by atoms with E-state index < -0.39 is 5.97 Å². The molecule has 2 heterocycles. The lowest BCUT2D eigenvalue weighted by molar-refractivity contribution is 0.0696. The number of nitrogens with zero attached hydrogens (tertiary/aromatic N) is 1. The minimum atomic E-state index is -0.965. The van der Waals surface area contributed by atoms with E-state index in [2.05, 4.69) is 9.97 Å². The molecule has 0 unspecified atom stereocenters. The topological polar surface area (TPSA) is 66.0 Å². The minimum Gasteiger partial charge on any atom is -0.478 e. The van der Waals surface area contributed by atoms with Gasteiger partial charge in [-0.3, -0.25) is 4.98 Å². The van der Waals surface area contributed by atoms with Crippen molar-refractivity contribution in [1.82, 2.24) is 9.97 Å². The van der Waals surface area contributed by atoms with E-state index in [1.165, 1.54) is 6.20 Å². The monoisotopic (exact) mass is 212 g/mol. The summed E-state index contributed by atoms with van der Waals surface area (Å²) in [7, 11) is 0. The molecule has 78 valence electrons. The van der Waals surface area contributed by atoms with Crippen LogP contribution in [0, 0.1) is 0 Å². The van der Waals surface area contributed by atoms with Crippen molar-refractivity contribution >= 4 is 27.9 Å². The minimum absolute atomic E-state index is 0.194. The number of para-hydroxylation sites is 1. The molecule has 16 heavy (non-hydrogen) atoms. The van der Waals surface area contributed by atoms with Gasteiger partial charge in [0, 0.05) is 17.1 Å². The third-order valence-corrected chi connectivity index (χ3v) is 2.59. The summed E-state index contributed by atoms with van der Waals surface area (Å²) in [6.45, 7) is 0. The van der Waals surface area contributed by atoms with Crippen LogP contribution >= 0.6 is 0 Å². The van der Waals surface area contributed by atoms with E-state index >= 15 is 0 Å². The lowest BCUT2D eigenvalue weighted by Gasteiger charge is -1.93. The second-order valence-electron chi connectivity index (χ2n) is 3.60. The summed E-state index contributed by atoms with van der Waals surface area (Å²) in [6, 6.07) is 9.36. The molecule has 0 fully saturated rings. The first kappa shape index (κ1) is 8.91. The summed E-state index contributed by atoms with van der Waals surface area (Å²) >= 11 is 0. The van der Waals surface area contributed by atoms with Crippen LogP contribution in [0.4, 0.5) is 0 Å². The lowest BCUT2D eigenvalue weighted by atomic mass is 10.2. The first-order valence-corrected chi connectivity index (χ1v) is 4.85. The largest absolute Gasteiger partial charge is 0.478 e. The van der Waals surface area contributed by atoms with Crippen LogP contribution in [0.5, 0.6) is 0 Å². The van der Waals surface area contributed by atoms with Crippen molar-refractivity contribution in [1.29, 1.82) is 0 Å². The zero-order valence-electron chi connectivity index (χ0n) is 8.27. The highest BCUT2D eigenvalue weighted by Gasteiger charge is 2.08. The van der Waals surface area contributed by atoms with E-state index in [-0.39, 0.29) is 5.56 Å². The third-order valence-electron chi connectivity index (χ3n) is 2.59. The van der Waals surface area contributed by atoms with Gasteiger partial charge in [-0.25, -0.2) is 4.79 Å². The van der Waals surface area contributed by atoms with Gasteiger partial charge in [0.1, 0.15) is 0 Å². The first-order valence-electron chi connectivity index (χ1n) is 4.85. The fourth-order valence-electron chi connectivity index (χ4n) is 1.84. The van der Waals surface area contributed by atoms with Gasteiger partial charge in [-0.2, -0.15) is 0 Å². The summed E-state index contributed by atoms with van der Waals surface area (Å²) in [5.74, 6) is -0.965. The van der Waals surface area contributed by atoms with Crippen molar-refractivity contribution in [3.8, 4) is 0 Å². The van der Waals surface area contributed by atoms with Crippen LogP contribution in [-0.4, -0.2) is 21.0 Å². The van der Waals surface area contributed by atoms with Crippen molar-refractivity contribution in [3.05, 3.63) is 42.1 Å². The average molecular weight is 212 g/mol. The number of fused-ring (bicyclic) bond motifs is 3. The maximum Gasteiger partial charge on any atom is 0.337 e. The SMILES string of the molecule is O=C(O)c1cnc2c(c1)[nH]c1ccccc12. The normalized spacial score (nSPS) is 11.0. The van der Waals surface area contributed by atoms with Gasteiger partial charge in [-0.15, -0.1) is 0 Å². The molecule has 0 aliphatic heterocycles. The van der Waals surface area contributed by atoms with Crippen LogP contribution in [-0.2, 0) is 0 Å². The van der Waals surface area contributed by atoms with Gasteiger partial charge in [0.05, 0.1) is 16.6 Å². The molecule has 0 bridgehead atoms. The third kappa shape index (κ3) is 1.16. The predicted octanol–water partition coefficient (Wildman–Crippen LogP) is 2.41. The predicted molar refractivity (Wildman–Crippen MR) is 60.6 cm³/mol. The molecule has 1 aromatic carbocycles. The maximum atomic E-state index is 10.8. The van der Waals surface area contributed by atoms with Gasteiger partial charge in [0.15, 0.2) is 0 Å². The number of nitrogens with one attached hydrogen (secondary N) is 1. The summed E-state index contributed by atoms with van der Waals surface area (Å²) in [5, 5.41) is 9.87. The molecular formula is C12H8N2O2. The van der Waals surface area contributed by atoms with Crippen molar-refractivity contribution in [2.75, 3.05) is 0 Å². The number of aromatic nitrogens is 2. The number of carboxylic acids is 1. The molecular weight excluding hydrogens is 204 g/mol. The number of pyridine rings is 1. The number of rotatable bonds is 1. The second kappa shape index (κ2) is 3.06. The molecule has 0 spiro atoms. The van der Waals surface area contributed by atoms with Gasteiger partial charge < -0.3 is 10.1 Å². The summed E-state index contributed by atoms with van der Waals surface area (Å²) in [4.78, 5) is 18.1. The Morgan fingerprint density at radius 2 is 2.06 bits per heavy atom. The average Bonchev–Trinajstić information content (AvgIpc) is 2.66. The standard InChI is InChI=1S/C12H8N2O2/c15-12(16)7-5-10-11(13-6-7)8-3-1-2-4-9(8)14-10/h1-6,14H,(H,15,16). The zero-order valence-corrected chi connectivity index (χ0v) is 8.27. The number of carbonyl (C=O) groups is 1. The van der Waals surface area contributed by atoms with Crippen LogP contribution in [0.1, 0.15) is 10.4 Å². The van der Waals surface area contributed by atoms with E-state index in [1.54, 1.807) is 6.07 Å². The van der Waals surface area contributed by atoms with Gasteiger partial charge in [0.2, 0.25) is 0 Å². The molecule has 2 aromatic heterocycles. The molecule has 0 saturated heterocycles. The van der Waals surface area contributed by atoms with Crippen LogP contribution in [0.25, 0.3) is 21.9 Å². The van der Waals surface area contributed by atoms with Crippen LogP contribution in [0.15, 0.2) is 36.5 Å². The number of benzene rings is 1. The number of H-pyrrole nitrogens is 1. The maximum absolute atomic E-state index is 10.8. The molecule has 4 heteroatoms. The quantitative estimate of drug-likeness (QED) is 0.651. The molecule has 4 nitrogen and oxygen atoms in total. The van der Waals surface area contributed by atoms with E-state index in [1.807, 2.05) is 24.3 Å². The summed E-state index contributed by atoms with van der Waals surface area (Å²) < 4.78 is 0. The van der Waals surface area contributed by atoms with Crippen LogP contribution < -0.4 is 0 Å². The van der Waals surface area contributed by atoms with Gasteiger partial charge >= 0.3 is 5.97 Å². The number of carboxylic acid groups (broad SMARTS) is 1. The smallest absolute Gasteiger partial charge is 0.337 e. The Labute approximate surface area is 90.5 Å². The van der Waals surface area contributed by atoms with Crippen molar-refractivity contribution < 1.29 is 9.90 Å². The summed E-state index contributed by atoms with van der Waals surface area (Å²) in [6.07, 6.45) is 1.38. The molecule has 0 atom stereocenters. The van der Waals surface area contributed by atoms with E-state index in [0.29, 0.717) is 0 Å². The molecule has 0 aliphatic carbocycles. The van der Waals surface area contributed by atoms with Crippen LogP contribution in [0.3, 0.4) is 0 Å². The summed E-state index contributed by atoms with van der Waals surface area (Å²) in [5.41, 5.74) is 2.72. The van der Waals surface area contributed by atoms with Crippen molar-refractivity contribution in [2.24, 2.45) is 0 Å². The number of aromatic carboxylic acids is 1. The van der Waals surface area contributed by atoms with Gasteiger partial charge in [0.25, 0.3) is 0 Å². The first-order chi connectivity index (χ1) is 7.75. The molecule has 3 rings (SSSR count). The van der Waals surface area contributed by atoms with Gasteiger partial charge in [-0.05, 0) is 12.1 Å². The molecule has 0 amide bonds. The molecule has 3 aromatic rings. The van der Waals surface area contributed by atoms with E-state index in [4.69, 9.17) is 5.11 Å². The highest BCUT2D eigenvalue weighted by molar-refractivity contribution is 6.06. The Morgan fingerprint density at radius 1 is 1.25 bits per heavy atom.